The molecule has 0 atom stereocenters. The third kappa shape index (κ3) is 5.31. The van der Waals surface area contributed by atoms with E-state index in [9.17, 15) is 9.50 Å². The Morgan fingerprint density at radius 3 is 2.76 bits per heavy atom. The Labute approximate surface area is 189 Å². The number of fused-ring (bicyclic) bond motifs is 1. The monoisotopic (exact) mass is 444 g/mol. The molecule has 8 nitrogen and oxygen atoms in total. The number of aliphatic hydroxyl groups is 1. The van der Waals surface area contributed by atoms with E-state index in [0.29, 0.717) is 40.7 Å². The third-order valence-electron chi connectivity index (χ3n) is 4.29. The number of aromatic nitrogens is 5. The second-order valence-electron chi connectivity index (χ2n) is 7.59. The quantitative estimate of drug-likeness (QED) is 0.346. The number of imidazole rings is 1. The fourth-order valence-electron chi connectivity index (χ4n) is 2.88. The Morgan fingerprint density at radius 2 is 2.06 bits per heavy atom. The van der Waals surface area contributed by atoms with Crippen LogP contribution >= 0.6 is 0 Å². The molecular formula is C24H21FN6O2. The largest absolute Gasteiger partial charge is 0.473 e. The fraction of sp³-hybridized carbons (Fsp3) is 0.167. The lowest BCUT2D eigenvalue weighted by molar-refractivity contribution is 0.143. The van der Waals surface area contributed by atoms with Gasteiger partial charge in [-0.3, -0.25) is 5.43 Å². The van der Waals surface area contributed by atoms with Crippen LogP contribution in [0.5, 0.6) is 5.88 Å². The van der Waals surface area contributed by atoms with Gasteiger partial charge in [0.05, 0.1) is 18.1 Å². The van der Waals surface area contributed by atoms with E-state index in [1.807, 2.05) is 0 Å². The molecule has 0 unspecified atom stereocenters. The van der Waals surface area contributed by atoms with Gasteiger partial charge in [0, 0.05) is 11.6 Å². The van der Waals surface area contributed by atoms with E-state index in [2.05, 4.69) is 43.8 Å². The molecular weight excluding hydrogens is 423 g/mol. The van der Waals surface area contributed by atoms with Crippen LogP contribution in [-0.4, -0.2) is 41.9 Å². The highest BCUT2D eigenvalue weighted by atomic mass is 19.1. The van der Waals surface area contributed by atoms with E-state index in [-0.39, 0.29) is 11.6 Å². The smallest absolute Gasteiger partial charge is 0.213 e. The first kappa shape index (κ1) is 21.9. The van der Waals surface area contributed by atoms with Crippen LogP contribution in [0.25, 0.3) is 22.6 Å². The first-order valence-corrected chi connectivity index (χ1v) is 10.1. The summed E-state index contributed by atoms with van der Waals surface area (Å²) in [7, 11) is 0. The predicted molar refractivity (Wildman–Crippen MR) is 123 cm³/mol. The van der Waals surface area contributed by atoms with E-state index in [4.69, 9.17) is 4.74 Å². The van der Waals surface area contributed by atoms with Crippen LogP contribution in [0.3, 0.4) is 0 Å². The molecule has 1 aromatic carbocycles. The summed E-state index contributed by atoms with van der Waals surface area (Å²) in [5.74, 6) is 6.16. The van der Waals surface area contributed by atoms with E-state index in [1.54, 1.807) is 55.1 Å². The topological polar surface area (TPSA) is 98.0 Å². The van der Waals surface area contributed by atoms with Crippen molar-refractivity contribution >= 4 is 16.9 Å². The van der Waals surface area contributed by atoms with Crippen LogP contribution in [0.2, 0.25) is 0 Å². The van der Waals surface area contributed by atoms with Gasteiger partial charge in [-0.25, -0.2) is 24.0 Å². The van der Waals surface area contributed by atoms with Gasteiger partial charge < -0.3 is 9.84 Å². The van der Waals surface area contributed by atoms with Gasteiger partial charge in [0.1, 0.15) is 23.5 Å². The number of halogens is 1. The lowest BCUT2D eigenvalue weighted by Crippen LogP contribution is -2.15. The number of nitrogens with one attached hydrogen (secondary N) is 1. The number of hydrogen-bond acceptors (Lipinski definition) is 7. The maximum atomic E-state index is 13.9. The van der Waals surface area contributed by atoms with E-state index < -0.39 is 5.60 Å². The average molecular weight is 444 g/mol. The molecule has 0 radical (unpaired) electrons. The lowest BCUT2D eigenvalue weighted by atomic mass is 10.1. The molecule has 3 aromatic heterocycles. The molecule has 0 saturated heterocycles. The van der Waals surface area contributed by atoms with Crippen molar-refractivity contribution in [2.75, 3.05) is 12.0 Å². The second-order valence-corrected chi connectivity index (χ2v) is 7.59. The molecule has 0 aliphatic carbocycles. The summed E-state index contributed by atoms with van der Waals surface area (Å²) < 4.78 is 21.0. The number of hydrogen-bond donors (Lipinski definition) is 2. The molecule has 33 heavy (non-hydrogen) atoms. The Hall–Kier alpha value is -4.29. The highest BCUT2D eigenvalue weighted by Gasteiger charge is 2.16. The number of ether oxygens (including phenoxy) is 1. The molecule has 4 rings (SSSR count). The van der Waals surface area contributed by atoms with Crippen LogP contribution in [0, 0.1) is 17.7 Å². The van der Waals surface area contributed by atoms with Crippen molar-refractivity contribution in [2.24, 2.45) is 0 Å². The van der Waals surface area contributed by atoms with Crippen molar-refractivity contribution in [2.45, 2.75) is 19.4 Å². The molecule has 0 aliphatic rings. The summed E-state index contributed by atoms with van der Waals surface area (Å²) >= 11 is 0. The van der Waals surface area contributed by atoms with E-state index in [0.717, 1.165) is 0 Å². The van der Waals surface area contributed by atoms with Gasteiger partial charge in [-0.1, -0.05) is 30.7 Å². The summed E-state index contributed by atoms with van der Waals surface area (Å²) in [5.41, 5.74) is 4.09. The maximum Gasteiger partial charge on any atom is 0.213 e. The molecule has 0 spiro atoms. The zero-order chi connectivity index (χ0) is 23.4. The van der Waals surface area contributed by atoms with Crippen molar-refractivity contribution in [3.05, 3.63) is 73.1 Å². The van der Waals surface area contributed by atoms with E-state index in [1.165, 1.54) is 18.3 Å². The van der Waals surface area contributed by atoms with Crippen LogP contribution in [0.4, 0.5) is 10.1 Å². The Kier molecular flexibility index (Phi) is 6.02. The highest BCUT2D eigenvalue weighted by Crippen LogP contribution is 2.25. The van der Waals surface area contributed by atoms with Crippen LogP contribution in [0.15, 0.2) is 61.4 Å². The highest BCUT2D eigenvalue weighted by molar-refractivity contribution is 5.78. The normalized spacial score (nSPS) is 11.0. The molecule has 0 amide bonds. The molecule has 0 bridgehead atoms. The summed E-state index contributed by atoms with van der Waals surface area (Å²) in [6.07, 6.45) is 4.76. The van der Waals surface area contributed by atoms with Gasteiger partial charge in [0.25, 0.3) is 0 Å². The zero-order valence-corrected chi connectivity index (χ0v) is 18.1. The van der Waals surface area contributed by atoms with Crippen LogP contribution in [0.1, 0.15) is 19.7 Å². The zero-order valence-electron chi connectivity index (χ0n) is 18.1. The average Bonchev–Trinajstić information content (AvgIpc) is 3.14. The van der Waals surface area contributed by atoms with Gasteiger partial charge in [-0.2, -0.15) is 4.98 Å². The van der Waals surface area contributed by atoms with Gasteiger partial charge in [0.15, 0.2) is 11.5 Å². The SMILES string of the molecule is C=CCOc1ccc(Nn2c(-c3cccc(F)c3)nc3cnc(C#CC(C)(C)O)nc32)cn1. The van der Waals surface area contributed by atoms with Crippen molar-refractivity contribution in [1.29, 1.82) is 0 Å². The molecule has 0 fully saturated rings. The van der Waals surface area contributed by atoms with Crippen molar-refractivity contribution < 1.29 is 14.2 Å². The molecule has 0 aliphatic heterocycles. The summed E-state index contributed by atoms with van der Waals surface area (Å²) in [4.78, 5) is 17.5. The Morgan fingerprint density at radius 1 is 1.21 bits per heavy atom. The number of benzene rings is 1. The van der Waals surface area contributed by atoms with Gasteiger partial charge in [-0.15, -0.1) is 0 Å². The van der Waals surface area contributed by atoms with Crippen LogP contribution < -0.4 is 10.2 Å². The lowest BCUT2D eigenvalue weighted by Gasteiger charge is -2.12. The summed E-state index contributed by atoms with van der Waals surface area (Å²) in [6.45, 7) is 7.10. The van der Waals surface area contributed by atoms with Crippen LogP contribution in [-0.2, 0) is 0 Å². The molecule has 3 heterocycles. The molecule has 9 heteroatoms. The standard InChI is InChI=1S/C24H21FN6O2/c1-4-12-33-21-9-8-18(14-27-21)30-31-22(16-6-5-7-17(25)13-16)28-19-15-26-20(29-23(19)31)10-11-24(2,3)32/h4-9,13-15,30,32H,1,12H2,2-3H3. The Bertz CT molecular complexity index is 1360. The number of nitrogens with zero attached hydrogens (tertiary/aromatic N) is 5. The minimum absolute atomic E-state index is 0.213. The van der Waals surface area contributed by atoms with Crippen molar-refractivity contribution in [1.82, 2.24) is 24.6 Å². The van der Waals surface area contributed by atoms with E-state index >= 15 is 0 Å². The van der Waals surface area contributed by atoms with Gasteiger partial charge in [0.2, 0.25) is 11.7 Å². The molecule has 166 valence electrons. The molecule has 4 aromatic rings. The first-order chi connectivity index (χ1) is 15.8. The summed E-state index contributed by atoms with van der Waals surface area (Å²) in [6, 6.07) is 9.58. The number of anilines is 1. The van der Waals surface area contributed by atoms with Gasteiger partial charge in [-0.05, 0) is 38.0 Å². The second kappa shape index (κ2) is 9.06. The third-order valence-corrected chi connectivity index (χ3v) is 4.29. The molecule has 0 saturated carbocycles. The fourth-order valence-corrected chi connectivity index (χ4v) is 2.88. The predicted octanol–water partition coefficient (Wildman–Crippen LogP) is 3.59. The summed E-state index contributed by atoms with van der Waals surface area (Å²) in [5, 5.41) is 9.88. The minimum atomic E-state index is -1.19. The van der Waals surface area contributed by atoms with Gasteiger partial charge >= 0.3 is 0 Å². The first-order valence-electron chi connectivity index (χ1n) is 10.1. The van der Waals surface area contributed by atoms with Crippen molar-refractivity contribution in [3.63, 3.8) is 0 Å². The van der Waals surface area contributed by atoms with Crippen molar-refractivity contribution in [3.8, 4) is 29.1 Å². The molecule has 2 N–H and O–H groups in total. The number of pyridine rings is 1. The minimum Gasteiger partial charge on any atom is -0.473 e. The maximum absolute atomic E-state index is 13.9. The Balaban J connectivity index is 1.80. The number of rotatable bonds is 6.